The number of esters is 1. The molecule has 396 valence electrons. The van der Waals surface area contributed by atoms with Crippen LogP contribution in [0.25, 0.3) is 0 Å². The predicted octanol–water partition coefficient (Wildman–Crippen LogP) is 18.6. The van der Waals surface area contributed by atoms with Crippen LogP contribution >= 0.6 is 0 Å². The molecule has 2 unspecified atom stereocenters. The highest BCUT2D eigenvalue weighted by Gasteiger charge is 2.20. The van der Waals surface area contributed by atoms with E-state index in [0.29, 0.717) is 25.9 Å². The Morgan fingerprint density at radius 2 is 0.716 bits per heavy atom. The van der Waals surface area contributed by atoms with Gasteiger partial charge in [-0.25, -0.2) is 0 Å². The van der Waals surface area contributed by atoms with E-state index in [1.807, 2.05) is 0 Å². The van der Waals surface area contributed by atoms with E-state index in [-0.39, 0.29) is 18.5 Å². The number of ether oxygens (including phenoxy) is 1. The molecule has 0 aliphatic heterocycles. The molecule has 0 aliphatic rings. The number of carbonyl (C=O) groups excluding carboxylic acids is 2. The van der Waals surface area contributed by atoms with Crippen LogP contribution in [0, 0.1) is 0 Å². The van der Waals surface area contributed by atoms with Crippen molar-refractivity contribution in [3.63, 3.8) is 0 Å². The van der Waals surface area contributed by atoms with Gasteiger partial charge in [-0.05, 0) is 70.6 Å². The van der Waals surface area contributed by atoms with Gasteiger partial charge in [-0.3, -0.25) is 9.59 Å². The Hall–Kier alpha value is -1.66. The Morgan fingerprint density at radius 3 is 1.10 bits per heavy atom. The lowest BCUT2D eigenvalue weighted by atomic mass is 10.0. The molecule has 0 rings (SSSR count). The molecule has 6 nitrogen and oxygen atoms in total. The molecule has 2 atom stereocenters. The first-order valence-corrected chi connectivity index (χ1v) is 30.1. The van der Waals surface area contributed by atoms with Gasteiger partial charge >= 0.3 is 5.97 Å². The lowest BCUT2D eigenvalue weighted by Gasteiger charge is -2.22. The summed E-state index contributed by atoms with van der Waals surface area (Å²) in [7, 11) is 0. The third kappa shape index (κ3) is 53.5. The number of amides is 1. The second-order valence-corrected chi connectivity index (χ2v) is 20.7. The molecule has 0 bridgehead atoms. The summed E-state index contributed by atoms with van der Waals surface area (Å²) in [6, 6.07) is -0.547. The van der Waals surface area contributed by atoms with E-state index in [0.717, 1.165) is 44.9 Å². The van der Waals surface area contributed by atoms with Crippen LogP contribution in [0.15, 0.2) is 24.3 Å². The summed E-state index contributed by atoms with van der Waals surface area (Å²) >= 11 is 0. The van der Waals surface area contributed by atoms with Crippen LogP contribution in [0.5, 0.6) is 0 Å². The zero-order valence-electron chi connectivity index (χ0n) is 45.1. The Labute approximate surface area is 418 Å². The highest BCUT2D eigenvalue weighted by molar-refractivity contribution is 5.76. The lowest BCUT2D eigenvalue weighted by Crippen LogP contribution is -2.45. The molecule has 0 radical (unpaired) electrons. The topological polar surface area (TPSA) is 95.9 Å². The van der Waals surface area contributed by atoms with Gasteiger partial charge in [0.15, 0.2) is 0 Å². The molecular weight excluding hydrogens is 827 g/mol. The van der Waals surface area contributed by atoms with Crippen LogP contribution in [-0.2, 0) is 14.3 Å². The van der Waals surface area contributed by atoms with Gasteiger partial charge in [0.25, 0.3) is 0 Å². The van der Waals surface area contributed by atoms with E-state index in [1.165, 1.54) is 250 Å². The molecule has 0 aliphatic carbocycles. The monoisotopic (exact) mass is 944 g/mol. The number of allylic oxidation sites excluding steroid dienone is 4. The molecular formula is C61H117NO5. The molecule has 67 heavy (non-hydrogen) atoms. The van der Waals surface area contributed by atoms with Crippen molar-refractivity contribution in [3.05, 3.63) is 24.3 Å². The Balaban J connectivity index is 3.43. The first-order chi connectivity index (χ1) is 33.0. The molecule has 0 aromatic heterocycles. The maximum atomic E-state index is 12.5. The van der Waals surface area contributed by atoms with Crippen molar-refractivity contribution in [1.29, 1.82) is 0 Å². The predicted molar refractivity (Wildman–Crippen MR) is 292 cm³/mol. The average Bonchev–Trinajstić information content (AvgIpc) is 3.33. The highest BCUT2D eigenvalue weighted by Crippen LogP contribution is 2.17. The van der Waals surface area contributed by atoms with Gasteiger partial charge in [0.2, 0.25) is 5.91 Å². The van der Waals surface area contributed by atoms with Crippen molar-refractivity contribution in [1.82, 2.24) is 5.32 Å². The summed E-state index contributed by atoms with van der Waals surface area (Å²) in [6.45, 7) is 4.92. The van der Waals surface area contributed by atoms with Crippen LogP contribution in [0.4, 0.5) is 0 Å². The van der Waals surface area contributed by atoms with Crippen molar-refractivity contribution in [2.24, 2.45) is 0 Å². The Kier molecular flexibility index (Phi) is 55.5. The smallest absolute Gasteiger partial charge is 0.305 e. The minimum atomic E-state index is -0.669. The average molecular weight is 945 g/mol. The molecule has 0 saturated heterocycles. The number of unbranched alkanes of at least 4 members (excludes halogenated alkanes) is 41. The van der Waals surface area contributed by atoms with Gasteiger partial charge in [-0.15, -0.1) is 0 Å². The van der Waals surface area contributed by atoms with Crippen molar-refractivity contribution in [2.45, 2.75) is 341 Å². The number of hydrogen-bond acceptors (Lipinski definition) is 5. The summed E-state index contributed by atoms with van der Waals surface area (Å²) in [5, 5.41) is 23.3. The van der Waals surface area contributed by atoms with Crippen LogP contribution in [0.1, 0.15) is 328 Å². The van der Waals surface area contributed by atoms with Crippen LogP contribution in [0.3, 0.4) is 0 Å². The van der Waals surface area contributed by atoms with Gasteiger partial charge < -0.3 is 20.3 Å². The van der Waals surface area contributed by atoms with Crippen molar-refractivity contribution in [3.8, 4) is 0 Å². The minimum absolute atomic E-state index is 0.00261. The van der Waals surface area contributed by atoms with Gasteiger partial charge in [0.05, 0.1) is 25.4 Å². The first-order valence-electron chi connectivity index (χ1n) is 30.1. The Morgan fingerprint density at radius 1 is 0.403 bits per heavy atom. The second kappa shape index (κ2) is 56.9. The fourth-order valence-electron chi connectivity index (χ4n) is 9.32. The van der Waals surface area contributed by atoms with Gasteiger partial charge in [0.1, 0.15) is 0 Å². The lowest BCUT2D eigenvalue weighted by molar-refractivity contribution is -0.143. The molecule has 0 spiro atoms. The maximum absolute atomic E-state index is 12.5. The van der Waals surface area contributed by atoms with Crippen molar-refractivity contribution < 1.29 is 24.5 Å². The zero-order valence-corrected chi connectivity index (χ0v) is 45.1. The van der Waals surface area contributed by atoms with E-state index >= 15 is 0 Å². The minimum Gasteiger partial charge on any atom is -0.466 e. The number of aliphatic hydroxyl groups is 2. The van der Waals surface area contributed by atoms with E-state index in [1.54, 1.807) is 0 Å². The summed E-state index contributed by atoms with van der Waals surface area (Å²) < 4.78 is 5.45. The summed E-state index contributed by atoms with van der Waals surface area (Å²) in [5.74, 6) is -0.0430. The number of rotatable bonds is 56. The molecule has 0 aromatic rings. The summed E-state index contributed by atoms with van der Waals surface area (Å²) in [6.07, 6.45) is 68.9. The van der Waals surface area contributed by atoms with Gasteiger partial charge in [-0.2, -0.15) is 0 Å². The van der Waals surface area contributed by atoms with Crippen LogP contribution in [-0.4, -0.2) is 47.4 Å². The third-order valence-electron chi connectivity index (χ3n) is 14.0. The van der Waals surface area contributed by atoms with Gasteiger partial charge in [0, 0.05) is 12.8 Å². The second-order valence-electron chi connectivity index (χ2n) is 20.7. The SMILES string of the molecule is CCCC/C=C\CCCCCCCC(=O)OCCCCCCCCCCCC/C=C\CCCCCCCCCC(=O)NC(CO)C(O)CCCCCCCCCCCCCCCCCCCC. The number of carbonyl (C=O) groups is 2. The fraction of sp³-hybridized carbons (Fsp3) is 0.902. The summed E-state index contributed by atoms with van der Waals surface area (Å²) in [4.78, 5) is 24.5. The normalized spacial score (nSPS) is 12.7. The molecule has 0 saturated carbocycles. The van der Waals surface area contributed by atoms with Crippen LogP contribution < -0.4 is 5.32 Å². The van der Waals surface area contributed by atoms with Gasteiger partial charge in [-0.1, -0.05) is 269 Å². The highest BCUT2D eigenvalue weighted by atomic mass is 16.5. The maximum Gasteiger partial charge on any atom is 0.305 e. The quantitative estimate of drug-likeness (QED) is 0.0321. The number of aliphatic hydroxyl groups excluding tert-OH is 2. The first kappa shape index (κ1) is 65.3. The fourth-order valence-corrected chi connectivity index (χ4v) is 9.32. The van der Waals surface area contributed by atoms with Crippen LogP contribution in [0.2, 0.25) is 0 Å². The van der Waals surface area contributed by atoms with E-state index in [9.17, 15) is 19.8 Å². The third-order valence-corrected chi connectivity index (χ3v) is 14.0. The number of nitrogens with one attached hydrogen (secondary N) is 1. The number of hydrogen-bond donors (Lipinski definition) is 3. The Bertz CT molecular complexity index is 1040. The van der Waals surface area contributed by atoms with E-state index in [4.69, 9.17) is 4.74 Å². The van der Waals surface area contributed by atoms with Crippen molar-refractivity contribution in [2.75, 3.05) is 13.2 Å². The largest absolute Gasteiger partial charge is 0.466 e. The molecule has 0 fully saturated rings. The summed E-state index contributed by atoms with van der Waals surface area (Å²) in [5.41, 5.74) is 0. The van der Waals surface area contributed by atoms with E-state index < -0.39 is 12.1 Å². The van der Waals surface area contributed by atoms with E-state index in [2.05, 4.69) is 43.5 Å². The molecule has 3 N–H and O–H groups in total. The standard InChI is InChI=1S/C61H117NO5/c1-3-5-7-9-11-13-15-16-17-18-24-27-30-34-37-41-45-49-53-59(64)58(57-63)62-60(65)54-50-46-42-38-35-31-28-25-22-20-19-21-23-26-29-32-36-40-44-48-52-56-67-61(66)55-51-47-43-39-33-14-12-10-8-6-4-2/h10,12,20,22,58-59,63-64H,3-9,11,13-19,21,23-57H2,1-2H3,(H,62,65)/b12-10-,22-20-. The molecule has 6 heteroatoms. The van der Waals surface area contributed by atoms with Crippen molar-refractivity contribution >= 4 is 11.9 Å². The molecule has 0 aromatic carbocycles. The zero-order chi connectivity index (χ0) is 48.6. The molecule has 0 heterocycles. The molecule has 1 amide bonds.